The molecule has 2 aromatic carbocycles. The Kier molecular flexibility index (Phi) is 10.6. The molecule has 298 valence electrons. The molecule has 12 nitrogen and oxygen atoms in total. The van der Waals surface area contributed by atoms with Gasteiger partial charge in [0.2, 0.25) is 11.8 Å². The Bertz CT molecular complexity index is 2150. The summed E-state index contributed by atoms with van der Waals surface area (Å²) in [5.74, 6) is 1.38. The largest absolute Gasteiger partial charge is 0.474 e. The molecule has 6 heterocycles. The first-order chi connectivity index (χ1) is 27.5. The molecule has 0 aliphatic carbocycles. The molecule has 12 heteroatoms. The highest BCUT2D eigenvalue weighted by Crippen LogP contribution is 2.46. The van der Waals surface area contributed by atoms with Crippen LogP contribution >= 0.6 is 0 Å². The fourth-order valence-corrected chi connectivity index (χ4v) is 8.79. The summed E-state index contributed by atoms with van der Waals surface area (Å²) in [6.45, 7) is 18.4. The quantitative estimate of drug-likeness (QED) is 0.139. The van der Waals surface area contributed by atoms with Crippen molar-refractivity contribution in [3.05, 3.63) is 88.7 Å². The lowest BCUT2D eigenvalue weighted by atomic mass is 9.83. The predicted molar refractivity (Wildman–Crippen MR) is 226 cm³/mol. The maximum absolute atomic E-state index is 12.7. The molecule has 2 fully saturated rings. The van der Waals surface area contributed by atoms with Crippen molar-refractivity contribution >= 4 is 52.2 Å². The topological polar surface area (TPSA) is 114 Å². The number of hydrogen-bond donors (Lipinski definition) is 1. The van der Waals surface area contributed by atoms with Gasteiger partial charge in [-0.05, 0) is 77.9 Å². The lowest BCUT2D eigenvalue weighted by Crippen LogP contribution is -2.63. The van der Waals surface area contributed by atoms with Crippen LogP contribution in [0.2, 0.25) is 0 Å². The van der Waals surface area contributed by atoms with E-state index in [-0.39, 0.29) is 17.1 Å². The molecule has 4 aliphatic rings. The minimum atomic E-state index is -0.240. The summed E-state index contributed by atoms with van der Waals surface area (Å²) < 4.78 is 5.94. The van der Waals surface area contributed by atoms with Gasteiger partial charge >= 0.3 is 0 Å². The van der Waals surface area contributed by atoms with E-state index in [2.05, 4.69) is 76.0 Å². The molecule has 0 bridgehead atoms. The summed E-state index contributed by atoms with van der Waals surface area (Å²) in [4.78, 5) is 57.9. The van der Waals surface area contributed by atoms with Crippen LogP contribution in [-0.4, -0.2) is 97.9 Å². The fourth-order valence-electron chi connectivity index (χ4n) is 8.79. The molecule has 0 saturated carbocycles. The first-order valence-corrected chi connectivity index (χ1v) is 20.4. The second-order valence-corrected chi connectivity index (χ2v) is 16.8. The number of nitrogens with zero attached hydrogens (tertiary/aromatic N) is 7. The number of ether oxygens (including phenoxy) is 1. The van der Waals surface area contributed by atoms with Gasteiger partial charge in [-0.25, -0.2) is 9.97 Å². The van der Waals surface area contributed by atoms with Crippen molar-refractivity contribution < 1.29 is 19.1 Å². The first kappa shape index (κ1) is 38.4. The van der Waals surface area contributed by atoms with Crippen LogP contribution in [0.15, 0.2) is 60.9 Å². The summed E-state index contributed by atoms with van der Waals surface area (Å²) in [5, 5.41) is 3.54. The SMILES string of the molecule is CCCC(=O)c1ccc(N2CC(N3CCN(c4ccc(Nc5cc6c(cn5)CCN(c5cnc7c(c5C(C)(C)C)N(C(C)=O)CCO7)C6)cc4)CC3)C2)cc1C=O. The number of hydrogen-bond acceptors (Lipinski definition) is 11. The van der Waals surface area contributed by atoms with Gasteiger partial charge < -0.3 is 29.7 Å². The number of amides is 1. The Labute approximate surface area is 335 Å². The van der Waals surface area contributed by atoms with Gasteiger partial charge in [-0.2, -0.15) is 0 Å². The van der Waals surface area contributed by atoms with E-state index < -0.39 is 0 Å². The van der Waals surface area contributed by atoms with Crippen LogP contribution in [0.4, 0.5) is 34.3 Å². The van der Waals surface area contributed by atoms with Crippen LogP contribution in [0.25, 0.3) is 0 Å². The summed E-state index contributed by atoms with van der Waals surface area (Å²) in [6.07, 6.45) is 6.83. The maximum atomic E-state index is 12.7. The number of fused-ring (bicyclic) bond motifs is 2. The zero-order chi connectivity index (χ0) is 39.8. The van der Waals surface area contributed by atoms with Gasteiger partial charge in [0, 0.05) is 112 Å². The number of nitrogens with one attached hydrogen (secondary N) is 1. The average Bonchev–Trinajstić information content (AvgIpc) is 3.19. The van der Waals surface area contributed by atoms with E-state index >= 15 is 0 Å². The maximum Gasteiger partial charge on any atom is 0.238 e. The van der Waals surface area contributed by atoms with Crippen LogP contribution in [0.5, 0.6) is 5.88 Å². The van der Waals surface area contributed by atoms with Gasteiger partial charge in [0.05, 0.1) is 18.4 Å². The van der Waals surface area contributed by atoms with Gasteiger partial charge in [-0.15, -0.1) is 0 Å². The van der Waals surface area contributed by atoms with Crippen LogP contribution in [-0.2, 0) is 23.2 Å². The van der Waals surface area contributed by atoms with Crippen molar-refractivity contribution in [3.8, 4) is 5.88 Å². The van der Waals surface area contributed by atoms with Crippen molar-refractivity contribution in [2.24, 2.45) is 0 Å². The third kappa shape index (κ3) is 7.79. The first-order valence-electron chi connectivity index (χ1n) is 20.4. The Morgan fingerprint density at radius 2 is 1.63 bits per heavy atom. The third-order valence-electron chi connectivity index (χ3n) is 11.9. The number of aromatic nitrogens is 2. The van der Waals surface area contributed by atoms with E-state index in [0.29, 0.717) is 42.6 Å². The van der Waals surface area contributed by atoms with E-state index in [1.165, 1.54) is 16.8 Å². The van der Waals surface area contributed by atoms with Gasteiger partial charge in [0.1, 0.15) is 18.1 Å². The Hall–Kier alpha value is -5.49. The number of anilines is 6. The van der Waals surface area contributed by atoms with E-state index in [1.807, 2.05) is 42.4 Å². The summed E-state index contributed by atoms with van der Waals surface area (Å²) in [6, 6.07) is 17.0. The van der Waals surface area contributed by atoms with Crippen molar-refractivity contribution in [2.75, 3.05) is 83.9 Å². The number of ketones is 1. The number of rotatable bonds is 10. The molecule has 8 rings (SSSR count). The number of aldehydes is 1. The second kappa shape index (κ2) is 15.8. The van der Waals surface area contributed by atoms with Crippen molar-refractivity contribution in [1.29, 1.82) is 0 Å². The minimum absolute atomic E-state index is 0.000607. The van der Waals surface area contributed by atoms with E-state index in [0.717, 1.165) is 106 Å². The zero-order valence-corrected chi connectivity index (χ0v) is 33.9. The molecule has 4 aromatic rings. The molecule has 0 radical (unpaired) electrons. The minimum Gasteiger partial charge on any atom is -0.474 e. The van der Waals surface area contributed by atoms with Crippen molar-refractivity contribution in [1.82, 2.24) is 14.9 Å². The molecule has 1 amide bonds. The number of piperazine rings is 1. The summed E-state index contributed by atoms with van der Waals surface area (Å²) in [7, 11) is 0. The molecule has 0 spiro atoms. The lowest BCUT2D eigenvalue weighted by molar-refractivity contribution is -0.116. The van der Waals surface area contributed by atoms with E-state index in [1.54, 1.807) is 6.92 Å². The average molecular weight is 771 g/mol. The van der Waals surface area contributed by atoms with Crippen molar-refractivity contribution in [2.45, 2.75) is 71.9 Å². The Morgan fingerprint density at radius 1 is 0.877 bits per heavy atom. The number of carbonyl (C=O) groups is 3. The standard InChI is InChI=1S/C45H54N8O4/c1-6-7-40(56)38-13-12-36(22-33(38)29-54)52-27-37(28-52)50-18-16-49(17-19-50)35-10-8-34(9-11-35)48-41-23-32-26-51(15-14-31(32)24-46-41)39-25-47-44-43(42(39)45(3,4)5)53(30(2)55)20-21-57-44/h8-13,22-25,29,37H,6-7,14-21,26-28H2,1-5H3,(H,46,48). The highest BCUT2D eigenvalue weighted by molar-refractivity contribution is 6.03. The molecule has 2 saturated heterocycles. The van der Waals surface area contributed by atoms with Crippen molar-refractivity contribution in [3.63, 3.8) is 0 Å². The summed E-state index contributed by atoms with van der Waals surface area (Å²) >= 11 is 0. The Morgan fingerprint density at radius 3 is 2.33 bits per heavy atom. The smallest absolute Gasteiger partial charge is 0.238 e. The van der Waals surface area contributed by atoms with E-state index in [4.69, 9.17) is 14.7 Å². The Balaban J connectivity index is 0.871. The molecule has 4 aliphatic heterocycles. The predicted octanol–water partition coefficient (Wildman–Crippen LogP) is 6.63. The van der Waals surface area contributed by atoms with Gasteiger partial charge in [0.25, 0.3) is 0 Å². The summed E-state index contributed by atoms with van der Waals surface area (Å²) in [5.41, 5.74) is 9.40. The van der Waals surface area contributed by atoms with Crippen LogP contribution in [0.1, 0.15) is 84.9 Å². The highest BCUT2D eigenvalue weighted by atomic mass is 16.5. The van der Waals surface area contributed by atoms with Gasteiger partial charge in [0.15, 0.2) is 12.1 Å². The number of pyridine rings is 2. The zero-order valence-electron chi connectivity index (χ0n) is 33.9. The molecule has 57 heavy (non-hydrogen) atoms. The normalized spacial score (nSPS) is 17.4. The number of carbonyl (C=O) groups excluding carboxylic acids is 3. The number of Topliss-reactive ketones (excluding diaryl/α,β-unsaturated/α-hetero) is 1. The molecule has 1 N–H and O–H groups in total. The van der Waals surface area contributed by atoms with E-state index in [9.17, 15) is 14.4 Å². The molecule has 0 atom stereocenters. The lowest BCUT2D eigenvalue weighted by Gasteiger charge is -2.49. The van der Waals surface area contributed by atoms with Crippen LogP contribution in [0, 0.1) is 0 Å². The monoisotopic (exact) mass is 770 g/mol. The fraction of sp³-hybridized carbons (Fsp3) is 0.444. The number of benzene rings is 2. The second-order valence-electron chi connectivity index (χ2n) is 16.8. The van der Waals surface area contributed by atoms with Crippen LogP contribution < -0.4 is 29.7 Å². The molecule has 2 aromatic heterocycles. The van der Waals surface area contributed by atoms with Gasteiger partial charge in [-0.3, -0.25) is 19.3 Å². The van der Waals surface area contributed by atoms with Gasteiger partial charge in [-0.1, -0.05) is 27.7 Å². The third-order valence-corrected chi connectivity index (χ3v) is 11.9. The highest BCUT2D eigenvalue weighted by Gasteiger charge is 2.36. The molecular formula is C45H54N8O4. The molecular weight excluding hydrogens is 717 g/mol. The van der Waals surface area contributed by atoms with Crippen LogP contribution in [0.3, 0.4) is 0 Å². The molecule has 0 unspecified atom stereocenters.